The van der Waals surface area contributed by atoms with E-state index in [0.717, 1.165) is 12.3 Å². The Hall–Kier alpha value is -4.34. The van der Waals surface area contributed by atoms with Crippen molar-refractivity contribution in [1.82, 2.24) is 10.3 Å². The van der Waals surface area contributed by atoms with Crippen LogP contribution >= 0.6 is 0 Å². The fraction of sp³-hybridized carbons (Fsp3) is 0.400. The van der Waals surface area contributed by atoms with Gasteiger partial charge in [-0.25, -0.2) is 22.9 Å². The maximum absolute atomic E-state index is 15.0. The van der Waals surface area contributed by atoms with Gasteiger partial charge in [0, 0.05) is 18.3 Å². The third-order valence-corrected chi connectivity index (χ3v) is 5.44. The average Bonchev–Trinajstić information content (AvgIpc) is 2.82. The van der Waals surface area contributed by atoms with E-state index in [9.17, 15) is 23.2 Å². The maximum Gasteiger partial charge on any atom is 0.407 e. The van der Waals surface area contributed by atoms with E-state index in [0.29, 0.717) is 11.4 Å². The van der Waals surface area contributed by atoms with E-state index in [-0.39, 0.29) is 24.2 Å². The molecule has 38 heavy (non-hydrogen) atoms. The van der Waals surface area contributed by atoms with Gasteiger partial charge in [0.15, 0.2) is 17.5 Å². The van der Waals surface area contributed by atoms with Gasteiger partial charge in [0.05, 0.1) is 23.5 Å². The Morgan fingerprint density at radius 2 is 2.03 bits per heavy atom. The molecule has 2 atom stereocenters. The Labute approximate surface area is 218 Å². The third kappa shape index (κ3) is 7.58. The van der Waals surface area contributed by atoms with E-state index in [2.05, 4.69) is 31.5 Å². The van der Waals surface area contributed by atoms with Gasteiger partial charge in [-0.3, -0.25) is 5.43 Å². The number of nitrogens with zero attached hydrogens (tertiary/aromatic N) is 3. The van der Waals surface area contributed by atoms with Crippen molar-refractivity contribution < 1.29 is 22.7 Å². The fourth-order valence-electron chi connectivity index (χ4n) is 3.86. The highest BCUT2D eigenvalue weighted by Gasteiger charge is 2.48. The molecule has 13 heteroatoms. The smallest absolute Gasteiger partial charge is 0.407 e. The molecule has 1 amide bonds. The van der Waals surface area contributed by atoms with Crippen LogP contribution in [0.5, 0.6) is 0 Å². The number of anilines is 4. The molecule has 0 radical (unpaired) electrons. The van der Waals surface area contributed by atoms with Crippen LogP contribution in [-0.2, 0) is 4.74 Å². The number of hydrogen-bond donors (Lipinski definition) is 5. The minimum atomic E-state index is -3.29. The van der Waals surface area contributed by atoms with E-state index in [4.69, 9.17) is 10.1 Å². The first kappa shape index (κ1) is 28.2. The van der Waals surface area contributed by atoms with Gasteiger partial charge in [-0.15, -0.1) is 0 Å². The largest absolute Gasteiger partial charge is 0.444 e. The molecule has 0 saturated heterocycles. The van der Waals surface area contributed by atoms with Crippen LogP contribution in [0.2, 0.25) is 0 Å². The minimum absolute atomic E-state index is 0.0627. The number of halogens is 3. The molecule has 1 aromatic carbocycles. The van der Waals surface area contributed by atoms with Crippen molar-refractivity contribution in [1.29, 1.82) is 10.7 Å². The molecule has 1 heterocycles. The van der Waals surface area contributed by atoms with Gasteiger partial charge >= 0.3 is 6.09 Å². The van der Waals surface area contributed by atoms with E-state index < -0.39 is 47.8 Å². The monoisotopic (exact) mass is 530 g/mol. The van der Waals surface area contributed by atoms with Crippen molar-refractivity contribution in [2.75, 3.05) is 16.1 Å². The van der Waals surface area contributed by atoms with Crippen LogP contribution in [0.15, 0.2) is 35.4 Å². The molecule has 0 bridgehead atoms. The Kier molecular flexibility index (Phi) is 8.77. The van der Waals surface area contributed by atoms with Crippen LogP contribution in [-0.4, -0.2) is 47.1 Å². The van der Waals surface area contributed by atoms with Crippen LogP contribution in [0.25, 0.3) is 0 Å². The summed E-state index contributed by atoms with van der Waals surface area (Å²) in [5.74, 6) is -4.85. The first-order valence-corrected chi connectivity index (χ1v) is 11.8. The zero-order valence-electron chi connectivity index (χ0n) is 21.1. The summed E-state index contributed by atoms with van der Waals surface area (Å²) in [6.07, 6.45) is 1.28. The second-order valence-corrected chi connectivity index (χ2v) is 9.62. The second kappa shape index (κ2) is 11.8. The summed E-state index contributed by atoms with van der Waals surface area (Å²) < 4.78 is 50.1. The van der Waals surface area contributed by atoms with Crippen LogP contribution in [0.3, 0.4) is 0 Å². The van der Waals surface area contributed by atoms with Crippen molar-refractivity contribution >= 4 is 41.5 Å². The van der Waals surface area contributed by atoms with Crippen molar-refractivity contribution in [3.8, 4) is 6.07 Å². The molecular weight excluding hydrogens is 501 g/mol. The Morgan fingerprint density at radius 1 is 1.29 bits per heavy atom. The van der Waals surface area contributed by atoms with E-state index >= 15 is 0 Å². The van der Waals surface area contributed by atoms with E-state index in [1.807, 2.05) is 6.07 Å². The summed E-state index contributed by atoms with van der Waals surface area (Å²) in [5, 5.41) is 28.1. The lowest BCUT2D eigenvalue weighted by atomic mass is 9.87. The summed E-state index contributed by atoms with van der Waals surface area (Å²) in [6, 6.07) is 6.64. The normalized spacial score (nSPS) is 18.8. The standard InChI is InChI=1S/C25H29F3N8O2/c1-24(2,3)38-23(37)33-19-8-5-9-25(27,28)20(19)34-22-18(26)12-15(14-30)21(35-22)32-16-6-4-7-17(13-16)36-31-11-10-29/h4,6-7,10-13,19-20,29,36H,5,8-9H2,1-3H3,(H,33,37)(H2,32,34,35)/b29-10?,31-11-/t19-,20-/m0/s1. The maximum atomic E-state index is 15.0. The predicted octanol–water partition coefficient (Wildman–Crippen LogP) is 5.38. The zero-order valence-corrected chi connectivity index (χ0v) is 21.1. The van der Waals surface area contributed by atoms with Gasteiger partial charge in [-0.2, -0.15) is 10.4 Å². The molecule has 0 unspecified atom stereocenters. The highest BCUT2D eigenvalue weighted by Crippen LogP contribution is 2.36. The van der Waals surface area contributed by atoms with Gasteiger partial charge in [0.2, 0.25) is 0 Å². The molecular formula is C25H29F3N8O2. The number of aromatic nitrogens is 1. The lowest BCUT2D eigenvalue weighted by Gasteiger charge is -2.39. The van der Waals surface area contributed by atoms with Gasteiger partial charge in [-0.1, -0.05) is 6.07 Å². The molecule has 10 nitrogen and oxygen atoms in total. The van der Waals surface area contributed by atoms with Crippen LogP contribution < -0.4 is 21.4 Å². The number of amides is 1. The number of hydrogen-bond acceptors (Lipinski definition) is 9. The lowest BCUT2D eigenvalue weighted by molar-refractivity contribution is -0.0563. The van der Waals surface area contributed by atoms with Crippen LogP contribution in [0, 0.1) is 22.6 Å². The number of ether oxygens (including phenoxy) is 1. The number of benzene rings is 1. The molecule has 1 saturated carbocycles. The molecule has 1 aliphatic carbocycles. The second-order valence-electron chi connectivity index (χ2n) is 9.62. The highest BCUT2D eigenvalue weighted by atomic mass is 19.3. The predicted molar refractivity (Wildman–Crippen MR) is 139 cm³/mol. The van der Waals surface area contributed by atoms with Crippen LogP contribution in [0.1, 0.15) is 45.6 Å². The van der Waals surface area contributed by atoms with Crippen molar-refractivity contribution in [2.24, 2.45) is 5.10 Å². The first-order chi connectivity index (χ1) is 17.9. The molecule has 202 valence electrons. The van der Waals surface area contributed by atoms with Crippen molar-refractivity contribution in [2.45, 2.75) is 63.6 Å². The Bertz CT molecular complexity index is 1240. The summed E-state index contributed by atoms with van der Waals surface area (Å²) in [4.78, 5) is 16.4. The average molecular weight is 531 g/mol. The number of alkyl halides is 2. The molecule has 1 fully saturated rings. The quantitative estimate of drug-likeness (QED) is 0.227. The zero-order chi connectivity index (χ0) is 27.9. The number of nitriles is 1. The molecule has 1 aromatic heterocycles. The number of hydrazone groups is 1. The van der Waals surface area contributed by atoms with E-state index in [1.165, 1.54) is 6.21 Å². The summed E-state index contributed by atoms with van der Waals surface area (Å²) in [7, 11) is 0. The Morgan fingerprint density at radius 3 is 2.71 bits per heavy atom. The number of carbonyl (C=O) groups excluding carboxylic acids is 1. The number of nitrogens with one attached hydrogen (secondary N) is 5. The summed E-state index contributed by atoms with van der Waals surface area (Å²) in [5.41, 5.74) is 2.74. The Balaban J connectivity index is 1.88. The van der Waals surface area contributed by atoms with Crippen molar-refractivity contribution in [3.05, 3.63) is 41.7 Å². The number of pyridine rings is 1. The molecule has 3 rings (SSSR count). The SMILES string of the molecule is CC(C)(C)OC(=O)N[C@H]1CCCC(F)(F)[C@H]1Nc1nc(Nc2cccc(N/N=C\C=N)c2)c(C#N)cc1F. The molecule has 5 N–H and O–H groups in total. The minimum Gasteiger partial charge on any atom is -0.444 e. The third-order valence-electron chi connectivity index (χ3n) is 5.44. The van der Waals surface area contributed by atoms with Gasteiger partial charge < -0.3 is 26.1 Å². The van der Waals surface area contributed by atoms with E-state index in [1.54, 1.807) is 45.0 Å². The molecule has 1 aliphatic rings. The number of alkyl carbamates (subject to hydrolysis) is 1. The highest BCUT2D eigenvalue weighted by molar-refractivity contribution is 6.14. The molecule has 0 aliphatic heterocycles. The van der Waals surface area contributed by atoms with Gasteiger partial charge in [-0.05, 0) is 57.9 Å². The lowest BCUT2D eigenvalue weighted by Crippen LogP contribution is -2.58. The topological polar surface area (TPSA) is 147 Å². The molecule has 2 aromatic rings. The first-order valence-electron chi connectivity index (χ1n) is 11.8. The number of rotatable bonds is 8. The van der Waals surface area contributed by atoms with Crippen molar-refractivity contribution in [3.63, 3.8) is 0 Å². The van der Waals surface area contributed by atoms with Gasteiger partial charge in [0.25, 0.3) is 5.92 Å². The molecule has 0 spiro atoms. The number of carbonyl (C=O) groups is 1. The van der Waals surface area contributed by atoms with Crippen LogP contribution in [0.4, 0.5) is 41.0 Å². The summed E-state index contributed by atoms with van der Waals surface area (Å²) >= 11 is 0. The fourth-order valence-corrected chi connectivity index (χ4v) is 3.86. The summed E-state index contributed by atoms with van der Waals surface area (Å²) in [6.45, 7) is 4.95. The van der Waals surface area contributed by atoms with Gasteiger partial charge in [0.1, 0.15) is 17.7 Å².